The third kappa shape index (κ3) is 5.20. The van der Waals surface area contributed by atoms with Crippen LogP contribution in [0.1, 0.15) is 23.2 Å². The van der Waals surface area contributed by atoms with E-state index in [0.717, 1.165) is 38.2 Å². The Bertz CT molecular complexity index is 700. The number of carbonyl (C=O) groups excluding carboxylic acids is 1. The van der Waals surface area contributed by atoms with Crippen molar-refractivity contribution >= 4 is 11.6 Å². The van der Waals surface area contributed by atoms with Crippen LogP contribution >= 0.6 is 0 Å². The summed E-state index contributed by atoms with van der Waals surface area (Å²) in [5.41, 5.74) is 7.20. The van der Waals surface area contributed by atoms with Crippen LogP contribution in [0.15, 0.2) is 48.8 Å². The van der Waals surface area contributed by atoms with Crippen LogP contribution in [0.5, 0.6) is 5.75 Å². The molecule has 1 saturated heterocycles. The highest BCUT2D eigenvalue weighted by atomic mass is 16.5. The molecule has 2 aromatic rings. The lowest BCUT2D eigenvalue weighted by Gasteiger charge is -2.31. The van der Waals surface area contributed by atoms with Gasteiger partial charge >= 0.3 is 0 Å². The second kappa shape index (κ2) is 9.20. The van der Waals surface area contributed by atoms with E-state index in [0.29, 0.717) is 30.3 Å². The Labute approximate surface area is 154 Å². The molecule has 0 spiro atoms. The van der Waals surface area contributed by atoms with Gasteiger partial charge in [-0.15, -0.1) is 0 Å². The zero-order valence-corrected chi connectivity index (χ0v) is 14.9. The van der Waals surface area contributed by atoms with Crippen LogP contribution in [-0.2, 0) is 0 Å². The number of nitrogens with two attached hydrogens (primary N) is 1. The Hall–Kier alpha value is -2.60. The zero-order chi connectivity index (χ0) is 18.2. The number of anilines is 1. The maximum atomic E-state index is 12.0. The smallest absolute Gasteiger partial charge is 0.252 e. The van der Waals surface area contributed by atoms with Gasteiger partial charge in [0.05, 0.1) is 17.9 Å². The van der Waals surface area contributed by atoms with Crippen LogP contribution in [0.3, 0.4) is 0 Å². The van der Waals surface area contributed by atoms with Gasteiger partial charge in [0.1, 0.15) is 5.75 Å². The number of likely N-dealkylation sites (tertiary alicyclic amines) is 1. The average Bonchev–Trinajstić information content (AvgIpc) is 2.69. The van der Waals surface area contributed by atoms with Crippen molar-refractivity contribution in [1.29, 1.82) is 0 Å². The van der Waals surface area contributed by atoms with Crippen molar-refractivity contribution in [3.63, 3.8) is 0 Å². The van der Waals surface area contributed by atoms with E-state index in [2.05, 4.69) is 15.2 Å². The van der Waals surface area contributed by atoms with Crippen molar-refractivity contribution < 1.29 is 9.53 Å². The molecule has 0 radical (unpaired) electrons. The summed E-state index contributed by atoms with van der Waals surface area (Å²) in [6.07, 6.45) is 5.45. The summed E-state index contributed by atoms with van der Waals surface area (Å²) in [4.78, 5) is 18.3. The molecule has 0 unspecified atom stereocenters. The summed E-state index contributed by atoms with van der Waals surface area (Å²) in [6, 6.07) is 11.2. The Balaban J connectivity index is 1.32. The lowest BCUT2D eigenvalue weighted by Crippen LogP contribution is -2.40. The third-order valence-corrected chi connectivity index (χ3v) is 4.74. The van der Waals surface area contributed by atoms with Crippen LogP contribution in [-0.4, -0.2) is 48.6 Å². The number of nitrogen functional groups attached to an aromatic ring is 1. The highest BCUT2D eigenvalue weighted by Gasteiger charge is 2.20. The Morgan fingerprint density at radius 3 is 2.77 bits per heavy atom. The molecule has 3 rings (SSSR count). The fourth-order valence-electron chi connectivity index (χ4n) is 3.12. The average molecular weight is 354 g/mol. The zero-order valence-electron chi connectivity index (χ0n) is 14.9. The second-order valence-corrected chi connectivity index (χ2v) is 6.63. The van der Waals surface area contributed by atoms with Gasteiger partial charge in [-0.3, -0.25) is 9.78 Å². The van der Waals surface area contributed by atoms with Gasteiger partial charge in [0.25, 0.3) is 5.91 Å². The molecule has 138 valence electrons. The van der Waals surface area contributed by atoms with E-state index in [1.807, 2.05) is 24.3 Å². The van der Waals surface area contributed by atoms with E-state index >= 15 is 0 Å². The molecule has 0 aliphatic carbocycles. The van der Waals surface area contributed by atoms with Crippen molar-refractivity contribution in [1.82, 2.24) is 15.2 Å². The van der Waals surface area contributed by atoms with Crippen LogP contribution in [0, 0.1) is 5.92 Å². The van der Waals surface area contributed by atoms with Crippen molar-refractivity contribution in [3.8, 4) is 5.75 Å². The van der Waals surface area contributed by atoms with Crippen LogP contribution in [0.4, 0.5) is 5.69 Å². The lowest BCUT2D eigenvalue weighted by atomic mass is 9.98. The maximum Gasteiger partial charge on any atom is 0.252 e. The van der Waals surface area contributed by atoms with Gasteiger partial charge in [0.2, 0.25) is 0 Å². The molecule has 0 atom stereocenters. The number of hydrogen-bond donors (Lipinski definition) is 2. The number of pyridine rings is 1. The van der Waals surface area contributed by atoms with Gasteiger partial charge < -0.3 is 20.7 Å². The molecule has 1 amide bonds. The standard InChI is InChI=1S/C20H26N4O2/c21-18-5-1-2-6-19(18)26-15-16-7-11-24(12-8-16)13-10-23-20(25)17-4-3-9-22-14-17/h1-6,9,14,16H,7-8,10-13,15,21H2,(H,23,25). The number of nitrogens with one attached hydrogen (secondary N) is 1. The summed E-state index contributed by atoms with van der Waals surface area (Å²) in [5, 5.41) is 2.95. The van der Waals surface area contributed by atoms with Crippen LogP contribution in [0.2, 0.25) is 0 Å². The number of nitrogens with zero attached hydrogens (tertiary/aromatic N) is 2. The first kappa shape index (κ1) is 18.2. The maximum absolute atomic E-state index is 12.0. The van der Waals surface area contributed by atoms with Crippen molar-refractivity contribution in [2.24, 2.45) is 5.92 Å². The number of aromatic nitrogens is 1. The topological polar surface area (TPSA) is 80.5 Å². The minimum Gasteiger partial charge on any atom is -0.491 e. The van der Waals surface area contributed by atoms with E-state index in [4.69, 9.17) is 10.5 Å². The number of benzene rings is 1. The molecule has 26 heavy (non-hydrogen) atoms. The molecule has 0 saturated carbocycles. The minimum atomic E-state index is -0.0677. The van der Waals surface area contributed by atoms with Gasteiger partial charge in [0, 0.05) is 25.5 Å². The molecule has 6 nitrogen and oxygen atoms in total. The predicted octanol–water partition coefficient (Wildman–Crippen LogP) is 2.18. The number of piperidine rings is 1. The first-order chi connectivity index (χ1) is 12.7. The molecule has 3 N–H and O–H groups in total. The van der Waals surface area contributed by atoms with Crippen LogP contribution < -0.4 is 15.8 Å². The monoisotopic (exact) mass is 354 g/mol. The van der Waals surface area contributed by atoms with Crippen molar-refractivity contribution in [3.05, 3.63) is 54.4 Å². The number of para-hydroxylation sites is 2. The predicted molar refractivity (Wildman–Crippen MR) is 102 cm³/mol. The van der Waals surface area contributed by atoms with Crippen molar-refractivity contribution in [2.45, 2.75) is 12.8 Å². The molecule has 6 heteroatoms. The summed E-state index contributed by atoms with van der Waals surface area (Å²) in [7, 11) is 0. The van der Waals surface area contributed by atoms with E-state index in [1.165, 1.54) is 0 Å². The lowest BCUT2D eigenvalue weighted by molar-refractivity contribution is 0.0940. The number of ether oxygens (including phenoxy) is 1. The fraction of sp³-hybridized carbons (Fsp3) is 0.400. The fourth-order valence-corrected chi connectivity index (χ4v) is 3.12. The van der Waals surface area contributed by atoms with Crippen LogP contribution in [0.25, 0.3) is 0 Å². The SMILES string of the molecule is Nc1ccccc1OCC1CCN(CCNC(=O)c2cccnc2)CC1. The Kier molecular flexibility index (Phi) is 6.44. The van der Waals surface area contributed by atoms with E-state index < -0.39 is 0 Å². The Morgan fingerprint density at radius 1 is 1.23 bits per heavy atom. The molecule has 1 aliphatic rings. The molecule has 2 heterocycles. The summed E-state index contributed by atoms with van der Waals surface area (Å²) in [5.74, 6) is 1.26. The summed E-state index contributed by atoms with van der Waals surface area (Å²) < 4.78 is 5.87. The van der Waals surface area contributed by atoms with Gasteiger partial charge in [-0.05, 0) is 56.1 Å². The van der Waals surface area contributed by atoms with Gasteiger partial charge in [-0.25, -0.2) is 0 Å². The highest BCUT2D eigenvalue weighted by Crippen LogP contribution is 2.23. The first-order valence-corrected chi connectivity index (χ1v) is 9.10. The largest absolute Gasteiger partial charge is 0.491 e. The van der Waals surface area contributed by atoms with E-state index in [9.17, 15) is 4.79 Å². The summed E-state index contributed by atoms with van der Waals surface area (Å²) in [6.45, 7) is 4.28. The first-order valence-electron chi connectivity index (χ1n) is 9.10. The second-order valence-electron chi connectivity index (χ2n) is 6.63. The molecular weight excluding hydrogens is 328 g/mol. The molecule has 1 aliphatic heterocycles. The molecule has 1 fully saturated rings. The van der Waals surface area contributed by atoms with Gasteiger partial charge in [-0.2, -0.15) is 0 Å². The molecule has 1 aromatic carbocycles. The number of amides is 1. The normalized spacial score (nSPS) is 15.5. The Morgan fingerprint density at radius 2 is 2.04 bits per heavy atom. The van der Waals surface area contributed by atoms with Crippen molar-refractivity contribution in [2.75, 3.05) is 38.5 Å². The van der Waals surface area contributed by atoms with E-state index in [-0.39, 0.29) is 5.91 Å². The third-order valence-electron chi connectivity index (χ3n) is 4.74. The minimum absolute atomic E-state index is 0.0677. The molecule has 1 aromatic heterocycles. The number of carbonyl (C=O) groups is 1. The quantitative estimate of drug-likeness (QED) is 0.745. The van der Waals surface area contributed by atoms with Gasteiger partial charge in [0.15, 0.2) is 0 Å². The summed E-state index contributed by atoms with van der Waals surface area (Å²) >= 11 is 0. The number of hydrogen-bond acceptors (Lipinski definition) is 5. The molecular formula is C20H26N4O2. The highest BCUT2D eigenvalue weighted by molar-refractivity contribution is 5.93. The number of rotatable bonds is 7. The molecule has 0 bridgehead atoms. The van der Waals surface area contributed by atoms with E-state index in [1.54, 1.807) is 24.5 Å². The van der Waals surface area contributed by atoms with Gasteiger partial charge in [-0.1, -0.05) is 12.1 Å².